The molecule has 1 heterocycles. The van der Waals surface area contributed by atoms with Crippen LogP contribution in [0.25, 0.3) is 11.3 Å². The summed E-state index contributed by atoms with van der Waals surface area (Å²) in [6, 6.07) is 9.30. The first-order valence-corrected chi connectivity index (χ1v) is 5.85. The number of carbonyl (C=O) groups excluding carboxylic acids is 1. The topological polar surface area (TPSA) is 53.8 Å². The lowest BCUT2D eigenvalue weighted by Crippen LogP contribution is -1.98. The number of benzene rings is 1. The van der Waals surface area contributed by atoms with Gasteiger partial charge in [-0.1, -0.05) is 13.0 Å². The molecule has 1 aromatic carbocycles. The maximum Gasteiger partial charge on any atom is 0.162 e. The Balaban J connectivity index is 2.45. The number of carbonyl (C=O) groups is 1. The summed E-state index contributed by atoms with van der Waals surface area (Å²) in [5.41, 5.74) is 1.60. The number of nitrogens with zero attached hydrogens (tertiary/aromatic N) is 2. The minimum absolute atomic E-state index is 0.00969. The Kier molecular flexibility index (Phi) is 3.67. The van der Waals surface area contributed by atoms with Gasteiger partial charge in [0.25, 0.3) is 0 Å². The van der Waals surface area contributed by atoms with Gasteiger partial charge in [0.15, 0.2) is 5.78 Å². The van der Waals surface area contributed by atoms with Gasteiger partial charge in [-0.05, 0) is 24.3 Å². The standard InChI is InChI=1S/C15H11FN2O/c1-2-15(19)11-5-6-18-14(8-11)10-3-4-12(9-17)13(16)7-10/h3-8H,2H2,1H3. The highest BCUT2D eigenvalue weighted by atomic mass is 19.1. The number of hydrogen-bond donors (Lipinski definition) is 0. The molecule has 19 heavy (non-hydrogen) atoms. The second-order valence-electron chi connectivity index (χ2n) is 4.01. The maximum atomic E-state index is 13.5. The average molecular weight is 254 g/mol. The lowest BCUT2D eigenvalue weighted by atomic mass is 10.0. The van der Waals surface area contributed by atoms with Gasteiger partial charge < -0.3 is 0 Å². The number of nitriles is 1. The Morgan fingerprint density at radius 3 is 2.79 bits per heavy atom. The van der Waals surface area contributed by atoms with E-state index in [0.29, 0.717) is 23.2 Å². The van der Waals surface area contributed by atoms with Crippen LogP contribution in [0.3, 0.4) is 0 Å². The molecule has 0 amide bonds. The van der Waals surface area contributed by atoms with Crippen LogP contribution in [0, 0.1) is 17.1 Å². The van der Waals surface area contributed by atoms with Crippen molar-refractivity contribution in [2.75, 3.05) is 0 Å². The molecule has 0 unspecified atom stereocenters. The minimum atomic E-state index is -0.589. The number of aromatic nitrogens is 1. The molecule has 0 aliphatic rings. The fourth-order valence-electron chi connectivity index (χ4n) is 1.73. The van der Waals surface area contributed by atoms with Crippen LogP contribution in [-0.2, 0) is 0 Å². The van der Waals surface area contributed by atoms with E-state index in [2.05, 4.69) is 4.98 Å². The quantitative estimate of drug-likeness (QED) is 0.789. The molecule has 0 bridgehead atoms. The molecular formula is C15H11FN2O. The van der Waals surface area contributed by atoms with Gasteiger partial charge in [0.1, 0.15) is 11.9 Å². The number of hydrogen-bond acceptors (Lipinski definition) is 3. The van der Waals surface area contributed by atoms with E-state index < -0.39 is 5.82 Å². The molecule has 0 aliphatic heterocycles. The molecule has 0 saturated carbocycles. The number of rotatable bonds is 3. The van der Waals surface area contributed by atoms with Crippen molar-refractivity contribution in [2.45, 2.75) is 13.3 Å². The van der Waals surface area contributed by atoms with E-state index in [9.17, 15) is 9.18 Å². The molecule has 1 aromatic heterocycles. The van der Waals surface area contributed by atoms with Crippen molar-refractivity contribution in [2.24, 2.45) is 0 Å². The molecule has 0 aliphatic carbocycles. The molecule has 0 saturated heterocycles. The van der Waals surface area contributed by atoms with Crippen LogP contribution in [0.15, 0.2) is 36.5 Å². The van der Waals surface area contributed by atoms with Gasteiger partial charge in [0.05, 0.1) is 11.3 Å². The van der Waals surface area contributed by atoms with E-state index >= 15 is 0 Å². The molecule has 0 spiro atoms. The van der Waals surface area contributed by atoms with Gasteiger partial charge in [-0.3, -0.25) is 9.78 Å². The van der Waals surface area contributed by atoms with Crippen LogP contribution in [0.2, 0.25) is 0 Å². The average Bonchev–Trinajstić information content (AvgIpc) is 2.46. The predicted molar refractivity (Wildman–Crippen MR) is 69.0 cm³/mol. The summed E-state index contributed by atoms with van der Waals surface area (Å²) in [5.74, 6) is -0.577. The lowest BCUT2D eigenvalue weighted by molar-refractivity contribution is 0.0988. The molecule has 3 nitrogen and oxygen atoms in total. The van der Waals surface area contributed by atoms with Crippen molar-refractivity contribution >= 4 is 5.78 Å². The van der Waals surface area contributed by atoms with E-state index in [1.807, 2.05) is 0 Å². The third kappa shape index (κ3) is 2.66. The number of pyridine rings is 1. The highest BCUT2D eigenvalue weighted by Crippen LogP contribution is 2.21. The highest BCUT2D eigenvalue weighted by molar-refractivity contribution is 5.96. The molecule has 0 atom stereocenters. The Morgan fingerprint density at radius 1 is 1.37 bits per heavy atom. The SMILES string of the molecule is CCC(=O)c1ccnc(-c2ccc(C#N)c(F)c2)c1. The van der Waals surface area contributed by atoms with Crippen LogP contribution in [-0.4, -0.2) is 10.8 Å². The van der Waals surface area contributed by atoms with Crippen LogP contribution in [0.4, 0.5) is 4.39 Å². The highest BCUT2D eigenvalue weighted by Gasteiger charge is 2.08. The molecule has 0 N–H and O–H groups in total. The van der Waals surface area contributed by atoms with E-state index in [1.165, 1.54) is 18.3 Å². The summed E-state index contributed by atoms with van der Waals surface area (Å²) >= 11 is 0. The summed E-state index contributed by atoms with van der Waals surface area (Å²) in [6.45, 7) is 1.78. The third-order valence-electron chi connectivity index (χ3n) is 2.79. The molecule has 94 valence electrons. The molecule has 4 heteroatoms. The van der Waals surface area contributed by atoms with Crippen molar-refractivity contribution in [3.05, 3.63) is 53.5 Å². The van der Waals surface area contributed by atoms with Gasteiger partial charge in [-0.15, -0.1) is 0 Å². The van der Waals surface area contributed by atoms with Gasteiger partial charge in [-0.25, -0.2) is 4.39 Å². The van der Waals surface area contributed by atoms with Gasteiger partial charge >= 0.3 is 0 Å². The normalized spacial score (nSPS) is 9.95. The van der Waals surface area contributed by atoms with Crippen molar-refractivity contribution in [1.29, 1.82) is 5.26 Å². The van der Waals surface area contributed by atoms with E-state index in [4.69, 9.17) is 5.26 Å². The summed E-state index contributed by atoms with van der Waals surface area (Å²) < 4.78 is 13.5. The fourth-order valence-corrected chi connectivity index (χ4v) is 1.73. The van der Waals surface area contributed by atoms with E-state index in [1.54, 1.807) is 31.2 Å². The minimum Gasteiger partial charge on any atom is -0.294 e. The Hall–Kier alpha value is -2.54. The van der Waals surface area contributed by atoms with Crippen LogP contribution in [0.1, 0.15) is 29.3 Å². The Morgan fingerprint density at radius 2 is 2.16 bits per heavy atom. The predicted octanol–water partition coefficient (Wildman–Crippen LogP) is 3.35. The first-order chi connectivity index (χ1) is 9.15. The number of halogens is 1. The van der Waals surface area contributed by atoms with E-state index in [0.717, 1.165) is 0 Å². The second kappa shape index (κ2) is 5.40. The van der Waals surface area contributed by atoms with Crippen molar-refractivity contribution in [3.8, 4) is 17.3 Å². The zero-order chi connectivity index (χ0) is 13.8. The summed E-state index contributed by atoms with van der Waals surface area (Å²) in [4.78, 5) is 15.7. The summed E-state index contributed by atoms with van der Waals surface area (Å²) in [5, 5.41) is 8.68. The van der Waals surface area contributed by atoms with Gasteiger partial charge in [0.2, 0.25) is 0 Å². The Labute approximate surface area is 110 Å². The summed E-state index contributed by atoms with van der Waals surface area (Å²) in [6.07, 6.45) is 1.93. The van der Waals surface area contributed by atoms with E-state index in [-0.39, 0.29) is 11.3 Å². The van der Waals surface area contributed by atoms with Gasteiger partial charge in [0, 0.05) is 23.7 Å². The molecular weight excluding hydrogens is 243 g/mol. The first-order valence-electron chi connectivity index (χ1n) is 5.85. The number of Topliss-reactive ketones (excluding diaryl/α,β-unsaturated/α-hetero) is 1. The van der Waals surface area contributed by atoms with Crippen LogP contribution >= 0.6 is 0 Å². The van der Waals surface area contributed by atoms with Crippen LogP contribution in [0.5, 0.6) is 0 Å². The van der Waals surface area contributed by atoms with Crippen LogP contribution < -0.4 is 0 Å². The second-order valence-corrected chi connectivity index (χ2v) is 4.01. The lowest BCUT2D eigenvalue weighted by Gasteiger charge is -2.04. The fraction of sp³-hybridized carbons (Fsp3) is 0.133. The molecule has 2 rings (SSSR count). The smallest absolute Gasteiger partial charge is 0.162 e. The first kappa shape index (κ1) is 12.9. The zero-order valence-electron chi connectivity index (χ0n) is 10.4. The summed E-state index contributed by atoms with van der Waals surface area (Å²) in [7, 11) is 0. The van der Waals surface area contributed by atoms with Gasteiger partial charge in [-0.2, -0.15) is 5.26 Å². The largest absolute Gasteiger partial charge is 0.294 e. The third-order valence-corrected chi connectivity index (χ3v) is 2.79. The monoisotopic (exact) mass is 254 g/mol. The van der Waals surface area contributed by atoms with Crippen molar-refractivity contribution < 1.29 is 9.18 Å². The molecule has 2 aromatic rings. The van der Waals surface area contributed by atoms with Crippen molar-refractivity contribution in [1.82, 2.24) is 4.98 Å². The Bertz CT molecular complexity index is 674. The van der Waals surface area contributed by atoms with Crippen molar-refractivity contribution in [3.63, 3.8) is 0 Å². The molecule has 0 radical (unpaired) electrons. The molecule has 0 fully saturated rings. The zero-order valence-corrected chi connectivity index (χ0v) is 10.4. The maximum absolute atomic E-state index is 13.5. The number of ketones is 1.